The largest absolute Gasteiger partial charge is 0.480 e. The zero-order valence-corrected chi connectivity index (χ0v) is 13.4. The van der Waals surface area contributed by atoms with Gasteiger partial charge in [-0.05, 0) is 31.2 Å². The third-order valence-corrected chi connectivity index (χ3v) is 4.92. The lowest BCUT2D eigenvalue weighted by Gasteiger charge is -2.37. The van der Waals surface area contributed by atoms with E-state index >= 15 is 0 Å². The van der Waals surface area contributed by atoms with Gasteiger partial charge in [0.15, 0.2) is 0 Å². The van der Waals surface area contributed by atoms with Crippen LogP contribution in [0.3, 0.4) is 0 Å². The second-order valence-electron chi connectivity index (χ2n) is 6.49. The second-order valence-corrected chi connectivity index (χ2v) is 6.49. The number of carbonyl (C=O) groups excluding carboxylic acids is 1. The lowest BCUT2D eigenvalue weighted by atomic mass is 9.69. The predicted octanol–water partition coefficient (Wildman–Crippen LogP) is 3.32. The van der Waals surface area contributed by atoms with Gasteiger partial charge in [-0.3, -0.25) is 9.59 Å². The van der Waals surface area contributed by atoms with Crippen LogP contribution in [0.4, 0.5) is 0 Å². The van der Waals surface area contributed by atoms with Crippen LogP contribution in [0.5, 0.6) is 0 Å². The van der Waals surface area contributed by atoms with Gasteiger partial charge in [-0.2, -0.15) is 0 Å². The first-order chi connectivity index (χ1) is 10.5. The maximum absolute atomic E-state index is 12.9. The van der Waals surface area contributed by atoms with Gasteiger partial charge in [0.25, 0.3) is 0 Å². The fourth-order valence-corrected chi connectivity index (χ4v) is 3.45. The molecule has 1 saturated carbocycles. The Labute approximate surface area is 132 Å². The molecule has 0 spiro atoms. The number of carboxylic acids is 1. The Morgan fingerprint density at radius 3 is 2.32 bits per heavy atom. The molecule has 0 radical (unpaired) electrons. The molecule has 2 rings (SSSR count). The number of benzene rings is 1. The number of hydrogen-bond donors (Lipinski definition) is 1. The molecule has 0 saturated heterocycles. The lowest BCUT2D eigenvalue weighted by molar-refractivity contribution is -0.164. The van der Waals surface area contributed by atoms with Crippen LogP contribution in [-0.2, 0) is 16.1 Å². The molecule has 1 fully saturated rings. The Bertz CT molecular complexity index is 522. The third kappa shape index (κ3) is 3.32. The summed E-state index contributed by atoms with van der Waals surface area (Å²) in [6, 6.07) is 9.66. The van der Waals surface area contributed by atoms with Gasteiger partial charge in [0.05, 0.1) is 0 Å². The Morgan fingerprint density at radius 1 is 1.18 bits per heavy atom. The minimum atomic E-state index is -1.32. The minimum Gasteiger partial charge on any atom is -0.480 e. The molecule has 1 amide bonds. The fraction of sp³-hybridized carbons (Fsp3) is 0.556. The molecule has 0 heterocycles. The van der Waals surface area contributed by atoms with E-state index in [1.54, 1.807) is 18.9 Å². The third-order valence-electron chi connectivity index (χ3n) is 4.92. The molecule has 1 aliphatic carbocycles. The Hall–Kier alpha value is -1.84. The summed E-state index contributed by atoms with van der Waals surface area (Å²) in [5, 5.41) is 9.72. The van der Waals surface area contributed by atoms with E-state index in [1.807, 2.05) is 30.3 Å². The summed E-state index contributed by atoms with van der Waals surface area (Å²) in [5.74, 6) is -1.34. The summed E-state index contributed by atoms with van der Waals surface area (Å²) >= 11 is 0. The van der Waals surface area contributed by atoms with E-state index in [9.17, 15) is 14.7 Å². The van der Waals surface area contributed by atoms with Crippen LogP contribution < -0.4 is 0 Å². The average molecular weight is 303 g/mol. The number of amides is 1. The normalized spacial score (nSPS) is 18.5. The van der Waals surface area contributed by atoms with E-state index in [0.29, 0.717) is 6.54 Å². The van der Waals surface area contributed by atoms with E-state index in [0.717, 1.165) is 37.7 Å². The molecule has 1 aromatic rings. The number of carboxylic acid groups (broad SMARTS) is 1. The monoisotopic (exact) mass is 303 g/mol. The molecule has 1 aliphatic rings. The number of nitrogens with zero attached hydrogens (tertiary/aromatic N) is 1. The zero-order valence-electron chi connectivity index (χ0n) is 13.4. The SMILES string of the molecule is CN(Cc1ccccc1)C(=O)C(C)(C(=O)O)C1CCCCC1. The first-order valence-electron chi connectivity index (χ1n) is 7.99. The molecule has 1 unspecified atom stereocenters. The van der Waals surface area contributed by atoms with Crippen molar-refractivity contribution in [3.05, 3.63) is 35.9 Å². The van der Waals surface area contributed by atoms with Crippen molar-refractivity contribution in [2.24, 2.45) is 11.3 Å². The molecule has 4 heteroatoms. The van der Waals surface area contributed by atoms with Crippen molar-refractivity contribution in [3.8, 4) is 0 Å². The zero-order chi connectivity index (χ0) is 16.2. The van der Waals surface area contributed by atoms with Crippen molar-refractivity contribution in [2.45, 2.75) is 45.6 Å². The first kappa shape index (κ1) is 16.5. The van der Waals surface area contributed by atoms with Crippen LogP contribution in [0.2, 0.25) is 0 Å². The van der Waals surface area contributed by atoms with E-state index < -0.39 is 11.4 Å². The van der Waals surface area contributed by atoms with Crippen molar-refractivity contribution in [1.82, 2.24) is 4.90 Å². The summed E-state index contributed by atoms with van der Waals surface area (Å²) in [4.78, 5) is 26.3. The maximum Gasteiger partial charge on any atom is 0.319 e. The molecule has 4 nitrogen and oxygen atoms in total. The molecule has 22 heavy (non-hydrogen) atoms. The highest BCUT2D eigenvalue weighted by Gasteiger charge is 2.49. The van der Waals surface area contributed by atoms with Gasteiger partial charge >= 0.3 is 5.97 Å². The topological polar surface area (TPSA) is 57.6 Å². The Kier molecular flexibility index (Phi) is 5.22. The molecular weight excluding hydrogens is 278 g/mol. The molecule has 1 atom stereocenters. The quantitative estimate of drug-likeness (QED) is 0.849. The lowest BCUT2D eigenvalue weighted by Crippen LogP contribution is -2.50. The highest BCUT2D eigenvalue weighted by Crippen LogP contribution is 2.40. The van der Waals surface area contributed by atoms with Crippen LogP contribution in [-0.4, -0.2) is 28.9 Å². The molecule has 1 aromatic carbocycles. The van der Waals surface area contributed by atoms with Crippen LogP contribution in [0.25, 0.3) is 0 Å². The highest BCUT2D eigenvalue weighted by atomic mass is 16.4. The van der Waals surface area contributed by atoms with Crippen molar-refractivity contribution in [3.63, 3.8) is 0 Å². The molecule has 0 aliphatic heterocycles. The van der Waals surface area contributed by atoms with E-state index in [1.165, 1.54) is 0 Å². The minimum absolute atomic E-state index is 0.0653. The van der Waals surface area contributed by atoms with E-state index in [-0.39, 0.29) is 11.8 Å². The van der Waals surface area contributed by atoms with E-state index in [4.69, 9.17) is 0 Å². The average Bonchev–Trinajstić information content (AvgIpc) is 2.54. The number of carbonyl (C=O) groups is 2. The standard InChI is InChI=1S/C18H25NO3/c1-18(17(21)22,15-11-7-4-8-12-15)16(20)19(2)13-14-9-5-3-6-10-14/h3,5-6,9-10,15H,4,7-8,11-13H2,1-2H3,(H,21,22). The fourth-order valence-electron chi connectivity index (χ4n) is 3.45. The molecule has 0 bridgehead atoms. The van der Waals surface area contributed by atoms with Crippen LogP contribution in [0.15, 0.2) is 30.3 Å². The summed E-state index contributed by atoms with van der Waals surface area (Å²) in [6.07, 6.45) is 4.83. The van der Waals surface area contributed by atoms with Gasteiger partial charge in [-0.25, -0.2) is 0 Å². The van der Waals surface area contributed by atoms with Gasteiger partial charge in [0, 0.05) is 13.6 Å². The Balaban J connectivity index is 2.16. The van der Waals surface area contributed by atoms with Gasteiger partial charge in [0.2, 0.25) is 5.91 Å². The summed E-state index contributed by atoms with van der Waals surface area (Å²) in [5.41, 5.74) is -0.307. The number of aliphatic carboxylic acids is 1. The first-order valence-corrected chi connectivity index (χ1v) is 7.99. The van der Waals surface area contributed by atoms with Crippen molar-refractivity contribution in [1.29, 1.82) is 0 Å². The maximum atomic E-state index is 12.9. The van der Waals surface area contributed by atoms with Gasteiger partial charge in [-0.1, -0.05) is 49.6 Å². The summed E-state index contributed by atoms with van der Waals surface area (Å²) in [7, 11) is 1.69. The molecular formula is C18H25NO3. The predicted molar refractivity (Wildman–Crippen MR) is 85.2 cm³/mol. The van der Waals surface area contributed by atoms with Crippen molar-refractivity contribution in [2.75, 3.05) is 7.05 Å². The molecule has 120 valence electrons. The smallest absolute Gasteiger partial charge is 0.319 e. The van der Waals surface area contributed by atoms with Gasteiger partial charge in [-0.15, -0.1) is 0 Å². The van der Waals surface area contributed by atoms with Crippen molar-refractivity contribution < 1.29 is 14.7 Å². The summed E-state index contributed by atoms with van der Waals surface area (Å²) < 4.78 is 0. The number of rotatable bonds is 5. The number of hydrogen-bond acceptors (Lipinski definition) is 2. The molecule has 1 N–H and O–H groups in total. The second kappa shape index (κ2) is 6.95. The van der Waals surface area contributed by atoms with Crippen LogP contribution >= 0.6 is 0 Å². The van der Waals surface area contributed by atoms with Crippen LogP contribution in [0, 0.1) is 11.3 Å². The van der Waals surface area contributed by atoms with Crippen molar-refractivity contribution >= 4 is 11.9 Å². The summed E-state index contributed by atoms with van der Waals surface area (Å²) in [6.45, 7) is 2.05. The van der Waals surface area contributed by atoms with Gasteiger partial charge in [0.1, 0.15) is 5.41 Å². The van der Waals surface area contributed by atoms with E-state index in [2.05, 4.69) is 0 Å². The molecule has 0 aromatic heterocycles. The van der Waals surface area contributed by atoms with Crippen LogP contribution in [0.1, 0.15) is 44.6 Å². The highest BCUT2D eigenvalue weighted by molar-refractivity contribution is 6.01. The van der Waals surface area contributed by atoms with Gasteiger partial charge < -0.3 is 10.0 Å². The Morgan fingerprint density at radius 2 is 1.77 bits per heavy atom.